The van der Waals surface area contributed by atoms with Crippen molar-refractivity contribution in [1.29, 1.82) is 0 Å². The molecule has 21 heavy (non-hydrogen) atoms. The zero-order valence-corrected chi connectivity index (χ0v) is 11.8. The molecule has 1 aromatic carbocycles. The Balaban J connectivity index is 1.84. The van der Waals surface area contributed by atoms with Crippen LogP contribution in [0.15, 0.2) is 24.3 Å². The van der Waals surface area contributed by atoms with Crippen molar-refractivity contribution in [2.75, 3.05) is 6.54 Å². The van der Waals surface area contributed by atoms with Gasteiger partial charge < -0.3 is 15.8 Å². The summed E-state index contributed by atoms with van der Waals surface area (Å²) in [5, 5.41) is 3.24. The Morgan fingerprint density at radius 3 is 2.43 bits per heavy atom. The summed E-state index contributed by atoms with van der Waals surface area (Å²) in [5.74, 6) is -0.105. The first kappa shape index (κ1) is 15.7. The zero-order valence-electron chi connectivity index (χ0n) is 11.8. The minimum Gasteiger partial charge on any atom is -0.435 e. The summed E-state index contributed by atoms with van der Waals surface area (Å²) in [4.78, 5) is 11.6. The largest absolute Gasteiger partial charge is 0.435 e. The number of hydrogen-bond donors (Lipinski definition) is 2. The number of nitrogens with one attached hydrogen (secondary N) is 1. The van der Waals surface area contributed by atoms with Gasteiger partial charge in [0.05, 0.1) is 5.41 Å². The average molecular weight is 298 g/mol. The number of carbonyl (C=O) groups excluding carboxylic acids is 1. The molecule has 1 aliphatic carbocycles. The first-order valence-electron chi connectivity index (χ1n) is 7.06. The zero-order chi connectivity index (χ0) is 15.3. The molecule has 0 heterocycles. The van der Waals surface area contributed by atoms with Gasteiger partial charge in [-0.3, -0.25) is 4.79 Å². The highest BCUT2D eigenvalue weighted by Crippen LogP contribution is 2.37. The number of nitrogens with two attached hydrogens (primary N) is 1. The number of hydrogen-bond acceptors (Lipinski definition) is 3. The van der Waals surface area contributed by atoms with Crippen LogP contribution < -0.4 is 15.8 Å². The smallest absolute Gasteiger partial charge is 0.387 e. The average Bonchev–Trinajstić information content (AvgIpc) is 2.90. The monoisotopic (exact) mass is 298 g/mol. The van der Waals surface area contributed by atoms with E-state index in [4.69, 9.17) is 5.73 Å². The molecule has 1 amide bonds. The molecule has 0 aliphatic heterocycles. The van der Waals surface area contributed by atoms with Crippen LogP contribution in [-0.2, 0) is 11.3 Å². The third kappa shape index (κ3) is 4.14. The normalized spacial score (nSPS) is 17.1. The lowest BCUT2D eigenvalue weighted by molar-refractivity contribution is -0.127. The maximum atomic E-state index is 12.0. The van der Waals surface area contributed by atoms with Gasteiger partial charge in [0.1, 0.15) is 5.75 Å². The molecule has 0 unspecified atom stereocenters. The van der Waals surface area contributed by atoms with Crippen LogP contribution in [0, 0.1) is 5.41 Å². The molecule has 2 rings (SSSR count). The highest BCUT2D eigenvalue weighted by atomic mass is 19.3. The van der Waals surface area contributed by atoms with E-state index in [0.717, 1.165) is 31.2 Å². The van der Waals surface area contributed by atoms with Crippen molar-refractivity contribution in [2.45, 2.75) is 38.8 Å². The number of carbonyl (C=O) groups is 1. The predicted octanol–water partition coefficient (Wildman–Crippen LogP) is 2.42. The van der Waals surface area contributed by atoms with E-state index in [-0.39, 0.29) is 11.7 Å². The van der Waals surface area contributed by atoms with Gasteiger partial charge >= 0.3 is 6.61 Å². The molecule has 0 saturated heterocycles. The topological polar surface area (TPSA) is 64.4 Å². The van der Waals surface area contributed by atoms with Gasteiger partial charge in [0.15, 0.2) is 0 Å². The van der Waals surface area contributed by atoms with Crippen LogP contribution in [0.2, 0.25) is 0 Å². The van der Waals surface area contributed by atoms with Gasteiger partial charge in [0, 0.05) is 13.1 Å². The SMILES string of the molecule is NC(=O)C1(CNCc2ccc(OC(F)F)cc2)CCCC1. The molecule has 3 N–H and O–H groups in total. The molecule has 0 atom stereocenters. The van der Waals surface area contributed by atoms with E-state index >= 15 is 0 Å². The van der Waals surface area contributed by atoms with Crippen molar-refractivity contribution < 1.29 is 18.3 Å². The number of benzene rings is 1. The number of ether oxygens (including phenoxy) is 1. The van der Waals surface area contributed by atoms with Crippen LogP contribution >= 0.6 is 0 Å². The molecule has 0 radical (unpaired) electrons. The summed E-state index contributed by atoms with van der Waals surface area (Å²) in [7, 11) is 0. The summed E-state index contributed by atoms with van der Waals surface area (Å²) in [5.41, 5.74) is 6.02. The molecule has 6 heteroatoms. The van der Waals surface area contributed by atoms with Crippen LogP contribution in [0.3, 0.4) is 0 Å². The Bertz CT molecular complexity index is 471. The molecule has 4 nitrogen and oxygen atoms in total. The molecule has 0 bridgehead atoms. The molecular weight excluding hydrogens is 278 g/mol. The Morgan fingerprint density at radius 1 is 1.29 bits per heavy atom. The van der Waals surface area contributed by atoms with E-state index in [1.165, 1.54) is 12.1 Å². The van der Waals surface area contributed by atoms with E-state index < -0.39 is 12.0 Å². The van der Waals surface area contributed by atoms with Gasteiger partial charge in [0.2, 0.25) is 5.91 Å². The van der Waals surface area contributed by atoms with Gasteiger partial charge in [0.25, 0.3) is 0 Å². The first-order valence-corrected chi connectivity index (χ1v) is 7.06. The Hall–Kier alpha value is -1.69. The van der Waals surface area contributed by atoms with E-state index in [1.54, 1.807) is 12.1 Å². The fraction of sp³-hybridized carbons (Fsp3) is 0.533. The highest BCUT2D eigenvalue weighted by molar-refractivity contribution is 5.81. The van der Waals surface area contributed by atoms with Gasteiger partial charge in [-0.1, -0.05) is 25.0 Å². The number of alkyl halides is 2. The Kier molecular flexibility index (Phi) is 5.12. The molecule has 0 spiro atoms. The number of rotatable bonds is 7. The lowest BCUT2D eigenvalue weighted by Gasteiger charge is -2.25. The maximum Gasteiger partial charge on any atom is 0.387 e. The van der Waals surface area contributed by atoms with Crippen molar-refractivity contribution in [3.63, 3.8) is 0 Å². The Morgan fingerprint density at radius 2 is 1.90 bits per heavy atom. The van der Waals surface area contributed by atoms with E-state index in [2.05, 4.69) is 10.1 Å². The fourth-order valence-electron chi connectivity index (χ4n) is 2.80. The number of halogens is 2. The summed E-state index contributed by atoms with van der Waals surface area (Å²) < 4.78 is 28.4. The predicted molar refractivity (Wildman–Crippen MR) is 74.9 cm³/mol. The second-order valence-electron chi connectivity index (χ2n) is 5.48. The molecule has 1 aliphatic rings. The lowest BCUT2D eigenvalue weighted by atomic mass is 9.85. The van der Waals surface area contributed by atoms with E-state index in [0.29, 0.717) is 13.1 Å². The van der Waals surface area contributed by atoms with Gasteiger partial charge in [-0.05, 0) is 30.5 Å². The van der Waals surface area contributed by atoms with Crippen LogP contribution in [0.1, 0.15) is 31.2 Å². The Labute approximate surface area is 122 Å². The minimum absolute atomic E-state index is 0.137. The van der Waals surface area contributed by atoms with Crippen LogP contribution in [0.5, 0.6) is 5.75 Å². The standard InChI is InChI=1S/C15H20F2N2O2/c16-14(17)21-12-5-3-11(4-6-12)9-19-10-15(13(18)20)7-1-2-8-15/h3-6,14,19H,1-2,7-10H2,(H2,18,20). The molecule has 1 fully saturated rings. The first-order chi connectivity index (χ1) is 10.0. The van der Waals surface area contributed by atoms with Crippen LogP contribution in [0.4, 0.5) is 8.78 Å². The fourth-order valence-corrected chi connectivity index (χ4v) is 2.80. The molecule has 116 valence electrons. The highest BCUT2D eigenvalue weighted by Gasteiger charge is 2.38. The third-order valence-electron chi connectivity index (χ3n) is 4.02. The number of primary amides is 1. The van der Waals surface area contributed by atoms with E-state index in [1.807, 2.05) is 0 Å². The van der Waals surface area contributed by atoms with Crippen molar-refractivity contribution in [3.05, 3.63) is 29.8 Å². The summed E-state index contributed by atoms with van der Waals surface area (Å²) in [6, 6.07) is 6.44. The quantitative estimate of drug-likeness (QED) is 0.812. The molecular formula is C15H20F2N2O2. The van der Waals surface area contributed by atoms with Crippen molar-refractivity contribution in [3.8, 4) is 5.75 Å². The second kappa shape index (κ2) is 6.85. The third-order valence-corrected chi connectivity index (χ3v) is 4.02. The summed E-state index contributed by atoms with van der Waals surface area (Å²) in [6.07, 6.45) is 3.72. The van der Waals surface area contributed by atoms with Crippen LogP contribution in [0.25, 0.3) is 0 Å². The van der Waals surface area contributed by atoms with Gasteiger partial charge in [-0.2, -0.15) is 8.78 Å². The maximum absolute atomic E-state index is 12.0. The molecule has 1 saturated carbocycles. The molecule has 1 aromatic rings. The van der Waals surface area contributed by atoms with Gasteiger partial charge in [-0.15, -0.1) is 0 Å². The number of amides is 1. The second-order valence-corrected chi connectivity index (χ2v) is 5.48. The van der Waals surface area contributed by atoms with Crippen molar-refractivity contribution in [1.82, 2.24) is 5.32 Å². The van der Waals surface area contributed by atoms with Crippen LogP contribution in [-0.4, -0.2) is 19.1 Å². The van der Waals surface area contributed by atoms with Crippen molar-refractivity contribution in [2.24, 2.45) is 11.1 Å². The summed E-state index contributed by atoms with van der Waals surface area (Å²) in [6.45, 7) is -1.70. The van der Waals surface area contributed by atoms with Crippen molar-refractivity contribution >= 4 is 5.91 Å². The minimum atomic E-state index is -2.81. The van der Waals surface area contributed by atoms with E-state index in [9.17, 15) is 13.6 Å². The lowest BCUT2D eigenvalue weighted by Crippen LogP contribution is -2.42. The summed E-state index contributed by atoms with van der Waals surface area (Å²) >= 11 is 0. The van der Waals surface area contributed by atoms with Gasteiger partial charge in [-0.25, -0.2) is 0 Å². The molecule has 0 aromatic heterocycles.